The van der Waals surface area contributed by atoms with E-state index in [-0.39, 0.29) is 18.7 Å². The van der Waals surface area contributed by atoms with Gasteiger partial charge in [-0.05, 0) is 83.1 Å². The van der Waals surface area contributed by atoms with Crippen molar-refractivity contribution in [2.24, 2.45) is 0 Å². The molecule has 18 nitrogen and oxygen atoms in total. The first-order chi connectivity index (χ1) is 34.7. The third-order valence-corrected chi connectivity index (χ3v) is 13.6. The van der Waals surface area contributed by atoms with Crippen molar-refractivity contribution in [2.75, 3.05) is 25.6 Å². The highest BCUT2D eigenvalue weighted by atomic mass is 31.3. The van der Waals surface area contributed by atoms with Crippen LogP contribution in [0.3, 0.4) is 0 Å². The van der Waals surface area contributed by atoms with Gasteiger partial charge >= 0.3 is 33.3 Å². The summed E-state index contributed by atoms with van der Waals surface area (Å²) in [7, 11) is -10.9. The van der Waals surface area contributed by atoms with Crippen LogP contribution in [0.15, 0.2) is 102 Å². The minimum Gasteiger partial charge on any atom is -0.462 e. The molecule has 3 unspecified atom stereocenters. The second-order valence-electron chi connectivity index (χ2n) is 17.3. The molecule has 0 aromatic carbocycles. The number of carbonyl (C=O) groups is 2. The zero-order valence-corrected chi connectivity index (χ0v) is 44.2. The summed E-state index contributed by atoms with van der Waals surface area (Å²) >= 11 is 0. The third kappa shape index (κ3) is 31.5. The van der Waals surface area contributed by atoms with Gasteiger partial charge in [-0.3, -0.25) is 23.2 Å². The van der Waals surface area contributed by atoms with Gasteiger partial charge in [0.25, 0.3) is 0 Å². The van der Waals surface area contributed by atoms with Crippen molar-refractivity contribution in [1.82, 2.24) is 9.55 Å². The zero-order chi connectivity index (χ0) is 52.7. The van der Waals surface area contributed by atoms with E-state index in [2.05, 4.69) is 83.9 Å². The molecule has 72 heavy (non-hydrogen) atoms. The normalized spacial score (nSPS) is 19.8. The van der Waals surface area contributed by atoms with Gasteiger partial charge in [-0.1, -0.05) is 150 Å². The molecule has 20 heteroatoms. The summed E-state index contributed by atoms with van der Waals surface area (Å²) in [6, 6.07) is 1.24. The highest BCUT2D eigenvalue weighted by Gasteiger charge is 2.46. The van der Waals surface area contributed by atoms with Crippen LogP contribution in [0, 0.1) is 0 Å². The fourth-order valence-corrected chi connectivity index (χ4v) is 9.15. The number of unbranched alkanes of at least 4 members (excludes halogenated alkanes) is 11. The molecule has 0 bridgehead atoms. The van der Waals surface area contributed by atoms with Crippen molar-refractivity contribution in [2.45, 2.75) is 186 Å². The van der Waals surface area contributed by atoms with E-state index in [1.165, 1.54) is 31.7 Å². The van der Waals surface area contributed by atoms with Gasteiger partial charge in [0.15, 0.2) is 12.3 Å². The molecule has 1 aliphatic rings. The van der Waals surface area contributed by atoms with Gasteiger partial charge < -0.3 is 39.9 Å². The van der Waals surface area contributed by atoms with Gasteiger partial charge in [0.05, 0.1) is 13.2 Å². The number of aliphatic hydroxyl groups is 2. The number of rotatable bonds is 41. The standard InChI is InChI=1S/C52H83N3O15P2/c1-3-5-7-9-11-13-15-17-19-20-21-22-24-26-28-30-32-34-36-38-48(57)68-44(41-65-47(56)37-35-33-31-29-27-25-23-18-16-14-12-10-8-6-4-2)42-66-71(61,62)70-72(63,64)67-43-45-49(58)50(59)51(69-45)55-40-39-46(53)54-52(55)60/h5,7,11,13-14,16-17,19,21-22,26,28,32,34,39-40,44-45,49-51,58-59H,3-4,6,8-10,12,15,18,20,23-25,27,29-31,33,35-38,41-43H2,1-2H3,(H,61,62)(H,63,64)(H2,53,54,60)/t44-,45-,49+,50?,51-/m1/s1. The summed E-state index contributed by atoms with van der Waals surface area (Å²) in [4.78, 5) is 61.9. The topological polar surface area (TPSA) is 265 Å². The van der Waals surface area contributed by atoms with E-state index in [0.717, 1.165) is 94.2 Å². The summed E-state index contributed by atoms with van der Waals surface area (Å²) < 4.78 is 56.7. The average Bonchev–Trinajstić information content (AvgIpc) is 3.62. The molecule has 7 atom stereocenters. The Morgan fingerprint density at radius 3 is 1.76 bits per heavy atom. The minimum absolute atomic E-state index is 0.0798. The molecule has 6 N–H and O–H groups in total. The number of hydrogen-bond acceptors (Lipinski definition) is 15. The number of phosphoric acid groups is 2. The number of esters is 2. The Morgan fingerprint density at radius 2 is 1.19 bits per heavy atom. The zero-order valence-electron chi connectivity index (χ0n) is 42.4. The number of ether oxygens (including phenoxy) is 3. The molecule has 0 radical (unpaired) electrons. The van der Waals surface area contributed by atoms with Crippen LogP contribution in [0.1, 0.15) is 161 Å². The molecule has 406 valence electrons. The largest absolute Gasteiger partial charge is 0.481 e. The Kier molecular flexibility index (Phi) is 35.1. The molecule has 0 amide bonds. The van der Waals surface area contributed by atoms with Crippen LogP contribution in [-0.4, -0.2) is 85.7 Å². The van der Waals surface area contributed by atoms with E-state index in [0.29, 0.717) is 19.3 Å². The maximum absolute atomic E-state index is 12.8. The number of hydrogen-bond donors (Lipinski definition) is 5. The van der Waals surface area contributed by atoms with Crippen LogP contribution in [0.5, 0.6) is 0 Å². The lowest BCUT2D eigenvalue weighted by Gasteiger charge is -2.21. The molecule has 0 spiro atoms. The third-order valence-electron chi connectivity index (χ3n) is 11.0. The van der Waals surface area contributed by atoms with Crippen molar-refractivity contribution >= 4 is 33.4 Å². The first-order valence-corrected chi connectivity index (χ1v) is 28.6. The molecule has 1 aliphatic heterocycles. The first kappa shape index (κ1) is 64.1. The van der Waals surface area contributed by atoms with Gasteiger partial charge in [-0.15, -0.1) is 0 Å². The molecule has 1 fully saturated rings. The van der Waals surface area contributed by atoms with Crippen molar-refractivity contribution in [3.63, 3.8) is 0 Å². The fourth-order valence-electron chi connectivity index (χ4n) is 7.04. The molecular formula is C52H83N3O15P2. The number of phosphoric ester groups is 2. The van der Waals surface area contributed by atoms with E-state index in [4.69, 9.17) is 29.0 Å². The number of aliphatic hydroxyl groups excluding tert-OH is 2. The summed E-state index contributed by atoms with van der Waals surface area (Å²) in [5.74, 6) is -1.41. The van der Waals surface area contributed by atoms with Crippen molar-refractivity contribution in [1.29, 1.82) is 0 Å². The Hall–Kier alpha value is -4.06. The minimum atomic E-state index is -5.44. The molecule has 1 aromatic heterocycles. The molecular weight excluding hydrogens is 969 g/mol. The van der Waals surface area contributed by atoms with E-state index in [1.54, 1.807) is 6.08 Å². The van der Waals surface area contributed by atoms with Crippen molar-refractivity contribution in [3.05, 3.63) is 108 Å². The quantitative estimate of drug-likeness (QED) is 0.0177. The lowest BCUT2D eigenvalue weighted by Crippen LogP contribution is -2.36. The Labute approximate surface area is 427 Å². The number of nitrogen functional groups attached to an aromatic ring is 1. The number of aromatic nitrogens is 2. The van der Waals surface area contributed by atoms with Gasteiger partial charge in [-0.2, -0.15) is 9.29 Å². The van der Waals surface area contributed by atoms with Crippen LogP contribution in [0.25, 0.3) is 0 Å². The molecule has 1 aromatic rings. The van der Waals surface area contributed by atoms with Crippen molar-refractivity contribution < 1.29 is 66.3 Å². The molecule has 2 rings (SSSR count). The maximum Gasteiger partial charge on any atom is 0.481 e. The Bertz CT molecular complexity index is 2040. The lowest BCUT2D eigenvalue weighted by atomic mass is 10.1. The van der Waals surface area contributed by atoms with Crippen LogP contribution in [-0.2, 0) is 46.3 Å². The van der Waals surface area contributed by atoms with Gasteiger partial charge in [0.1, 0.15) is 30.7 Å². The lowest BCUT2D eigenvalue weighted by molar-refractivity contribution is -0.161. The maximum atomic E-state index is 12.8. The highest BCUT2D eigenvalue weighted by Crippen LogP contribution is 2.60. The predicted molar refractivity (Wildman–Crippen MR) is 279 cm³/mol. The second-order valence-corrected chi connectivity index (χ2v) is 20.3. The van der Waals surface area contributed by atoms with Crippen LogP contribution in [0.2, 0.25) is 0 Å². The Morgan fingerprint density at radius 1 is 0.681 bits per heavy atom. The van der Waals surface area contributed by atoms with Crippen LogP contribution < -0.4 is 11.4 Å². The summed E-state index contributed by atoms with van der Waals surface area (Å²) in [5, 5.41) is 20.9. The number of allylic oxidation sites excluding steroid dienone is 14. The van der Waals surface area contributed by atoms with E-state index >= 15 is 0 Å². The number of nitrogens with two attached hydrogens (primary N) is 1. The van der Waals surface area contributed by atoms with Crippen LogP contribution in [0.4, 0.5) is 5.82 Å². The van der Waals surface area contributed by atoms with Gasteiger partial charge in [0, 0.05) is 19.0 Å². The average molecular weight is 1050 g/mol. The van der Waals surface area contributed by atoms with Crippen molar-refractivity contribution in [3.8, 4) is 0 Å². The summed E-state index contributed by atoms with van der Waals surface area (Å²) in [5.41, 5.74) is 4.58. The van der Waals surface area contributed by atoms with Crippen LogP contribution >= 0.6 is 15.6 Å². The SMILES string of the molecule is CCC=CCC=CCC=CCC=CCC=CCC=CCCC(=O)O[C@H](COC(=O)CCCCCCCCCC=CCCCCCC)COP(=O)(O)OP(=O)(O)OC[C@H]1O[C@@H](n2ccc(N)nc2=O)C(O)[C@H]1O. The van der Waals surface area contributed by atoms with E-state index in [9.17, 15) is 43.5 Å². The molecule has 2 heterocycles. The summed E-state index contributed by atoms with van der Waals surface area (Å²) in [6.07, 6.45) is 42.5. The highest BCUT2D eigenvalue weighted by molar-refractivity contribution is 7.61. The first-order valence-electron chi connectivity index (χ1n) is 25.6. The number of carbonyl (C=O) groups excluding carboxylic acids is 2. The second kappa shape index (κ2) is 39.4. The number of anilines is 1. The smallest absolute Gasteiger partial charge is 0.462 e. The predicted octanol–water partition coefficient (Wildman–Crippen LogP) is 10.7. The Balaban J connectivity index is 1.84. The van der Waals surface area contributed by atoms with E-state index in [1.807, 2.05) is 18.2 Å². The fraction of sp³-hybridized carbons (Fsp3) is 0.615. The molecule has 1 saturated heterocycles. The van der Waals surface area contributed by atoms with Gasteiger partial charge in [-0.25, -0.2) is 13.9 Å². The molecule has 0 saturated carbocycles. The molecule has 0 aliphatic carbocycles. The van der Waals surface area contributed by atoms with E-state index < -0.39 is 83.7 Å². The monoisotopic (exact) mass is 1050 g/mol. The summed E-state index contributed by atoms with van der Waals surface area (Å²) in [6.45, 7) is 1.95. The number of nitrogens with zero attached hydrogens (tertiary/aromatic N) is 2. The van der Waals surface area contributed by atoms with Gasteiger partial charge in [0.2, 0.25) is 0 Å².